The number of carbonyl (C=O) groups excluding carboxylic acids is 2. The Bertz CT molecular complexity index is 331. The van der Waals surface area contributed by atoms with Gasteiger partial charge in [0.2, 0.25) is 0 Å². The second-order valence-corrected chi connectivity index (χ2v) is 4.33. The van der Waals surface area contributed by atoms with Gasteiger partial charge in [-0.1, -0.05) is 0 Å². The van der Waals surface area contributed by atoms with Crippen LogP contribution in [0.3, 0.4) is 0 Å². The number of amides is 2. The molecule has 2 rings (SSSR count). The number of carbonyl (C=O) groups is 2. The second-order valence-electron chi connectivity index (χ2n) is 4.33. The maximum Gasteiger partial charge on any atom is 0.256 e. The Kier molecular flexibility index (Phi) is 2.61. The highest BCUT2D eigenvalue weighted by Crippen LogP contribution is 2.25. The topological polar surface area (TPSA) is 40.6 Å². The maximum absolute atomic E-state index is 11.5. The first-order valence-electron chi connectivity index (χ1n) is 5.34. The van der Waals surface area contributed by atoms with Crippen LogP contribution in [-0.4, -0.2) is 47.8 Å². The predicted molar refractivity (Wildman–Crippen MR) is 56.1 cm³/mol. The summed E-state index contributed by atoms with van der Waals surface area (Å²) in [5.41, 5.74) is 0.550. The van der Waals surface area contributed by atoms with Crippen LogP contribution in [0.2, 0.25) is 0 Å². The van der Waals surface area contributed by atoms with Crippen molar-refractivity contribution in [3.63, 3.8) is 0 Å². The van der Waals surface area contributed by atoms with Crippen molar-refractivity contribution in [1.29, 1.82) is 0 Å². The Labute approximate surface area is 89.5 Å². The van der Waals surface area contributed by atoms with Gasteiger partial charge >= 0.3 is 0 Å². The summed E-state index contributed by atoms with van der Waals surface area (Å²) in [7, 11) is 2.04. The van der Waals surface area contributed by atoms with Gasteiger partial charge < -0.3 is 4.90 Å². The quantitative estimate of drug-likeness (QED) is 0.628. The van der Waals surface area contributed by atoms with Gasteiger partial charge in [-0.2, -0.15) is 0 Å². The minimum absolute atomic E-state index is 0.135. The Morgan fingerprint density at radius 3 is 2.60 bits per heavy atom. The van der Waals surface area contributed by atoms with E-state index in [2.05, 4.69) is 4.90 Å². The highest BCUT2D eigenvalue weighted by Gasteiger charge is 2.30. The monoisotopic (exact) mass is 208 g/mol. The largest absolute Gasteiger partial charge is 0.302 e. The minimum Gasteiger partial charge on any atom is -0.302 e. The number of rotatable bonds is 4. The molecule has 0 aromatic carbocycles. The maximum atomic E-state index is 11.5. The molecule has 0 N–H and O–H groups in total. The van der Waals surface area contributed by atoms with Crippen molar-refractivity contribution in [2.24, 2.45) is 0 Å². The molecule has 1 saturated carbocycles. The summed E-state index contributed by atoms with van der Waals surface area (Å²) >= 11 is 0. The van der Waals surface area contributed by atoms with Crippen LogP contribution >= 0.6 is 0 Å². The van der Waals surface area contributed by atoms with Crippen LogP contribution in [0.4, 0.5) is 0 Å². The summed E-state index contributed by atoms with van der Waals surface area (Å²) in [5, 5.41) is 0. The Morgan fingerprint density at radius 2 is 2.13 bits per heavy atom. The van der Waals surface area contributed by atoms with Gasteiger partial charge in [0.1, 0.15) is 0 Å². The molecule has 1 fully saturated rings. The molecule has 0 aromatic heterocycles. The molecule has 82 valence electrons. The van der Waals surface area contributed by atoms with Gasteiger partial charge in [-0.3, -0.25) is 14.5 Å². The predicted octanol–water partition coefficient (Wildman–Crippen LogP) is 0.396. The summed E-state index contributed by atoms with van der Waals surface area (Å²) in [5.74, 6) is -0.300. The van der Waals surface area contributed by atoms with Crippen molar-refractivity contribution in [2.75, 3.05) is 20.1 Å². The van der Waals surface area contributed by atoms with E-state index >= 15 is 0 Å². The van der Waals surface area contributed by atoms with E-state index in [4.69, 9.17) is 0 Å². The van der Waals surface area contributed by atoms with E-state index in [9.17, 15) is 9.59 Å². The van der Waals surface area contributed by atoms with E-state index in [0.29, 0.717) is 18.2 Å². The second kappa shape index (κ2) is 3.77. The molecule has 0 bridgehead atoms. The normalized spacial score (nSPS) is 21.5. The van der Waals surface area contributed by atoms with Crippen molar-refractivity contribution in [1.82, 2.24) is 9.80 Å². The molecule has 0 saturated heterocycles. The third-order valence-corrected chi connectivity index (χ3v) is 3.04. The number of imide groups is 1. The summed E-state index contributed by atoms with van der Waals surface area (Å²) in [6.07, 6.45) is 3.91. The van der Waals surface area contributed by atoms with Crippen molar-refractivity contribution < 1.29 is 9.59 Å². The van der Waals surface area contributed by atoms with E-state index in [1.807, 2.05) is 7.05 Å². The smallest absolute Gasteiger partial charge is 0.256 e. The van der Waals surface area contributed by atoms with Gasteiger partial charge in [-0.15, -0.1) is 0 Å². The fraction of sp³-hybridized carbons (Fsp3) is 0.636. The minimum atomic E-state index is -0.165. The number of nitrogens with zero attached hydrogens (tertiary/aromatic N) is 2. The first-order valence-corrected chi connectivity index (χ1v) is 5.34. The molecule has 15 heavy (non-hydrogen) atoms. The highest BCUT2D eigenvalue weighted by molar-refractivity contribution is 6.15. The number of hydrogen-bond acceptors (Lipinski definition) is 3. The SMILES string of the molecule is CC1=CC(=O)N(CCN(C)C2CC2)C1=O. The lowest BCUT2D eigenvalue weighted by atomic mass is 10.3. The fourth-order valence-corrected chi connectivity index (χ4v) is 1.81. The molecule has 1 aliphatic heterocycles. The van der Waals surface area contributed by atoms with Crippen LogP contribution in [0.5, 0.6) is 0 Å². The van der Waals surface area contributed by atoms with Gasteiger partial charge in [-0.25, -0.2) is 0 Å². The van der Waals surface area contributed by atoms with Gasteiger partial charge in [-0.05, 0) is 26.8 Å². The van der Waals surface area contributed by atoms with Crippen molar-refractivity contribution in [3.05, 3.63) is 11.6 Å². The van der Waals surface area contributed by atoms with Crippen molar-refractivity contribution in [3.8, 4) is 0 Å². The zero-order chi connectivity index (χ0) is 11.0. The molecule has 0 radical (unpaired) electrons. The summed E-state index contributed by atoms with van der Waals surface area (Å²) < 4.78 is 0. The molecule has 2 aliphatic rings. The first-order chi connectivity index (χ1) is 7.09. The molecule has 0 spiro atoms. The number of likely N-dealkylation sites (N-methyl/N-ethyl adjacent to an activating group) is 1. The molecule has 2 amide bonds. The van der Waals surface area contributed by atoms with Crippen LogP contribution < -0.4 is 0 Å². The highest BCUT2D eigenvalue weighted by atomic mass is 16.2. The molecule has 0 aromatic rings. The molecular weight excluding hydrogens is 192 g/mol. The Balaban J connectivity index is 1.85. The van der Waals surface area contributed by atoms with E-state index in [1.165, 1.54) is 23.8 Å². The fourth-order valence-electron chi connectivity index (χ4n) is 1.81. The van der Waals surface area contributed by atoms with E-state index in [1.54, 1.807) is 6.92 Å². The molecular formula is C11H16N2O2. The summed E-state index contributed by atoms with van der Waals surface area (Å²) in [4.78, 5) is 26.5. The molecule has 4 heteroatoms. The third-order valence-electron chi connectivity index (χ3n) is 3.04. The van der Waals surface area contributed by atoms with E-state index < -0.39 is 0 Å². The summed E-state index contributed by atoms with van der Waals surface area (Å²) in [6.45, 7) is 2.98. The van der Waals surface area contributed by atoms with E-state index in [0.717, 1.165) is 6.54 Å². The van der Waals surface area contributed by atoms with Gasteiger partial charge in [0, 0.05) is 30.8 Å². The molecule has 1 heterocycles. The molecule has 0 atom stereocenters. The van der Waals surface area contributed by atoms with Gasteiger partial charge in [0.15, 0.2) is 0 Å². The van der Waals surface area contributed by atoms with Crippen LogP contribution in [0, 0.1) is 0 Å². The van der Waals surface area contributed by atoms with Gasteiger partial charge in [0.25, 0.3) is 11.8 Å². The Hall–Kier alpha value is -1.16. The lowest BCUT2D eigenvalue weighted by Crippen LogP contribution is -2.38. The van der Waals surface area contributed by atoms with E-state index in [-0.39, 0.29) is 11.8 Å². The first kappa shape index (κ1) is 10.4. The lowest BCUT2D eigenvalue weighted by Gasteiger charge is -2.20. The van der Waals surface area contributed by atoms with Crippen LogP contribution in [0.15, 0.2) is 11.6 Å². The van der Waals surface area contributed by atoms with Crippen LogP contribution in [-0.2, 0) is 9.59 Å². The average Bonchev–Trinajstić information content (AvgIpc) is 2.96. The third kappa shape index (κ3) is 2.09. The standard InChI is InChI=1S/C11H16N2O2/c1-8-7-10(14)13(11(8)15)6-5-12(2)9-3-4-9/h7,9H,3-6H2,1-2H3. The zero-order valence-electron chi connectivity index (χ0n) is 9.19. The molecule has 4 nitrogen and oxygen atoms in total. The Morgan fingerprint density at radius 1 is 1.47 bits per heavy atom. The molecule has 1 aliphatic carbocycles. The van der Waals surface area contributed by atoms with Gasteiger partial charge in [0.05, 0.1) is 0 Å². The lowest BCUT2D eigenvalue weighted by molar-refractivity contribution is -0.137. The van der Waals surface area contributed by atoms with Crippen molar-refractivity contribution in [2.45, 2.75) is 25.8 Å². The summed E-state index contributed by atoms with van der Waals surface area (Å²) in [6, 6.07) is 0.673. The average molecular weight is 208 g/mol. The molecule has 0 unspecified atom stereocenters. The number of hydrogen-bond donors (Lipinski definition) is 0. The zero-order valence-corrected chi connectivity index (χ0v) is 9.19. The van der Waals surface area contributed by atoms with Crippen LogP contribution in [0.1, 0.15) is 19.8 Å². The van der Waals surface area contributed by atoms with Crippen molar-refractivity contribution >= 4 is 11.8 Å². The van der Waals surface area contributed by atoms with Crippen LogP contribution in [0.25, 0.3) is 0 Å².